The quantitative estimate of drug-likeness (QED) is 0.510. The first kappa shape index (κ1) is 5.74. The molecular weight excluding hydrogens is 142 g/mol. The van der Waals surface area contributed by atoms with Crippen molar-refractivity contribution < 1.29 is 0 Å². The molecule has 0 spiro atoms. The van der Waals surface area contributed by atoms with Crippen molar-refractivity contribution in [3.8, 4) is 0 Å². The van der Waals surface area contributed by atoms with Gasteiger partial charge in [0, 0.05) is 17.3 Å². The van der Waals surface area contributed by atoms with Crippen molar-refractivity contribution in [2.75, 3.05) is 0 Å². The molecule has 0 unspecified atom stereocenters. The second-order valence-electron chi connectivity index (χ2n) is 2.15. The molecule has 0 atom stereocenters. The summed E-state index contributed by atoms with van der Waals surface area (Å²) in [6.45, 7) is 0. The molecule has 10 heavy (non-hydrogen) atoms. The van der Waals surface area contributed by atoms with Gasteiger partial charge in [-0.25, -0.2) is 4.99 Å². The van der Waals surface area contributed by atoms with Crippen molar-refractivity contribution in [2.45, 2.75) is 0 Å². The largest absolute Gasteiger partial charge is 0.244 e. The maximum Gasteiger partial charge on any atom is 0.134 e. The molecule has 0 N–H and O–H groups in total. The molecule has 1 aromatic carbocycles. The fraction of sp³-hybridized carbons (Fsp3) is 0. The smallest absolute Gasteiger partial charge is 0.134 e. The molecule has 1 nitrogen and oxygen atoms in total. The number of aliphatic imine (C=N–C) groups is 1. The first-order valence-corrected chi connectivity index (χ1v) is 3.46. The molecule has 1 aliphatic rings. The predicted octanol–water partition coefficient (Wildman–Crippen LogP) is 1.79. The summed E-state index contributed by atoms with van der Waals surface area (Å²) < 4.78 is 0. The van der Waals surface area contributed by atoms with Gasteiger partial charge in [0.2, 0.25) is 0 Å². The fourth-order valence-electron chi connectivity index (χ4n) is 1.00. The van der Waals surface area contributed by atoms with Gasteiger partial charge in [0.05, 0.1) is 0 Å². The lowest BCUT2D eigenvalue weighted by molar-refractivity contribution is 1.66. The molecule has 0 bridgehead atoms. The Bertz CT molecular complexity index is 315. The average molecular weight is 147 g/mol. The minimum absolute atomic E-state index is 0.704. The highest BCUT2D eigenvalue weighted by atomic mass is 32.1. The van der Waals surface area contributed by atoms with Crippen molar-refractivity contribution >= 4 is 23.4 Å². The van der Waals surface area contributed by atoms with Crippen LogP contribution < -0.4 is 0 Å². The fourth-order valence-corrected chi connectivity index (χ4v) is 1.24. The minimum atomic E-state index is 0.704. The van der Waals surface area contributed by atoms with E-state index in [-0.39, 0.29) is 0 Å². The lowest BCUT2D eigenvalue weighted by atomic mass is 10.1. The summed E-state index contributed by atoms with van der Waals surface area (Å²) in [7, 11) is 0. The molecule has 0 aromatic heterocycles. The van der Waals surface area contributed by atoms with E-state index in [1.807, 2.05) is 24.3 Å². The SMILES string of the molecule is S=C1N=Cc2ccccc21. The van der Waals surface area contributed by atoms with E-state index < -0.39 is 0 Å². The molecule has 0 amide bonds. The number of hydrogen-bond acceptors (Lipinski definition) is 1. The van der Waals surface area contributed by atoms with Gasteiger partial charge in [0.15, 0.2) is 0 Å². The van der Waals surface area contributed by atoms with Crippen molar-refractivity contribution in [1.29, 1.82) is 0 Å². The molecule has 2 heteroatoms. The van der Waals surface area contributed by atoms with Crippen molar-refractivity contribution in [3.63, 3.8) is 0 Å². The van der Waals surface area contributed by atoms with Crippen LogP contribution in [-0.4, -0.2) is 11.2 Å². The maximum atomic E-state index is 4.98. The summed E-state index contributed by atoms with van der Waals surface area (Å²) in [6.07, 6.45) is 1.80. The second-order valence-corrected chi connectivity index (χ2v) is 2.54. The third kappa shape index (κ3) is 0.693. The van der Waals surface area contributed by atoms with E-state index in [2.05, 4.69) is 4.99 Å². The Kier molecular flexibility index (Phi) is 1.14. The molecule has 0 saturated carbocycles. The third-order valence-corrected chi connectivity index (χ3v) is 1.84. The summed E-state index contributed by atoms with van der Waals surface area (Å²) in [4.78, 5) is 4.71. The van der Waals surface area contributed by atoms with Gasteiger partial charge < -0.3 is 0 Å². The summed E-state index contributed by atoms with van der Waals surface area (Å²) in [5.74, 6) is 0. The van der Waals surface area contributed by atoms with Crippen LogP contribution in [0.25, 0.3) is 0 Å². The van der Waals surface area contributed by atoms with Crippen molar-refractivity contribution in [3.05, 3.63) is 35.4 Å². The highest BCUT2D eigenvalue weighted by Gasteiger charge is 2.08. The van der Waals surface area contributed by atoms with E-state index >= 15 is 0 Å². The zero-order chi connectivity index (χ0) is 6.97. The van der Waals surface area contributed by atoms with Gasteiger partial charge in [0.25, 0.3) is 0 Å². The van der Waals surface area contributed by atoms with E-state index in [1.165, 1.54) is 0 Å². The van der Waals surface area contributed by atoms with Crippen molar-refractivity contribution in [2.24, 2.45) is 4.99 Å². The number of hydrogen-bond donors (Lipinski definition) is 0. The molecule has 48 valence electrons. The van der Waals surface area contributed by atoms with Crippen LogP contribution in [0.3, 0.4) is 0 Å². The lowest BCUT2D eigenvalue weighted by Crippen LogP contribution is -1.87. The molecule has 0 aliphatic carbocycles. The number of rotatable bonds is 0. The summed E-state index contributed by atoms with van der Waals surface area (Å²) in [6, 6.07) is 7.96. The molecule has 1 aromatic rings. The molecule has 2 rings (SSSR count). The van der Waals surface area contributed by atoms with Crippen LogP contribution in [0.15, 0.2) is 29.3 Å². The molecular formula is C8H5NS. The van der Waals surface area contributed by atoms with Gasteiger partial charge in [-0.15, -0.1) is 0 Å². The third-order valence-electron chi connectivity index (χ3n) is 1.51. The average Bonchev–Trinajstić information content (AvgIpc) is 2.34. The number of fused-ring (bicyclic) bond motifs is 1. The van der Waals surface area contributed by atoms with Crippen LogP contribution in [0, 0.1) is 0 Å². The van der Waals surface area contributed by atoms with Crippen LogP contribution >= 0.6 is 12.2 Å². The van der Waals surface area contributed by atoms with Gasteiger partial charge in [0.1, 0.15) is 4.99 Å². The highest BCUT2D eigenvalue weighted by Crippen LogP contribution is 2.13. The van der Waals surface area contributed by atoms with E-state index in [1.54, 1.807) is 6.21 Å². The zero-order valence-corrected chi connectivity index (χ0v) is 6.06. The normalized spacial score (nSPS) is 13.8. The van der Waals surface area contributed by atoms with Gasteiger partial charge in [-0.1, -0.05) is 36.5 Å². The van der Waals surface area contributed by atoms with Crippen LogP contribution in [0.1, 0.15) is 11.1 Å². The Morgan fingerprint density at radius 1 is 1.20 bits per heavy atom. The molecule has 1 aliphatic heterocycles. The Balaban J connectivity index is 2.70. The molecule has 0 saturated heterocycles. The molecule has 0 fully saturated rings. The lowest BCUT2D eigenvalue weighted by Gasteiger charge is -1.92. The Morgan fingerprint density at radius 3 is 2.80 bits per heavy atom. The first-order chi connectivity index (χ1) is 4.88. The summed E-state index contributed by atoms with van der Waals surface area (Å²) in [5, 5.41) is 0. The second kappa shape index (κ2) is 1.99. The van der Waals surface area contributed by atoms with Gasteiger partial charge in [-0.05, 0) is 0 Å². The summed E-state index contributed by atoms with van der Waals surface area (Å²) >= 11 is 4.98. The van der Waals surface area contributed by atoms with Crippen LogP contribution in [-0.2, 0) is 0 Å². The van der Waals surface area contributed by atoms with Gasteiger partial charge >= 0.3 is 0 Å². The topological polar surface area (TPSA) is 12.4 Å². The highest BCUT2D eigenvalue weighted by molar-refractivity contribution is 7.80. The van der Waals surface area contributed by atoms with Crippen LogP contribution in [0.2, 0.25) is 0 Å². The van der Waals surface area contributed by atoms with Crippen LogP contribution in [0.5, 0.6) is 0 Å². The Morgan fingerprint density at radius 2 is 2.00 bits per heavy atom. The summed E-state index contributed by atoms with van der Waals surface area (Å²) in [5.41, 5.74) is 2.21. The first-order valence-electron chi connectivity index (χ1n) is 3.05. The van der Waals surface area contributed by atoms with E-state index in [0.29, 0.717) is 4.99 Å². The maximum absolute atomic E-state index is 4.98. The number of benzene rings is 1. The zero-order valence-electron chi connectivity index (χ0n) is 5.24. The van der Waals surface area contributed by atoms with Crippen molar-refractivity contribution in [1.82, 2.24) is 0 Å². The Hall–Kier alpha value is -1.02. The van der Waals surface area contributed by atoms with E-state index in [0.717, 1.165) is 11.1 Å². The van der Waals surface area contributed by atoms with Gasteiger partial charge in [-0.2, -0.15) is 0 Å². The number of nitrogens with zero attached hydrogens (tertiary/aromatic N) is 1. The van der Waals surface area contributed by atoms with E-state index in [4.69, 9.17) is 12.2 Å². The van der Waals surface area contributed by atoms with Crippen LogP contribution in [0.4, 0.5) is 0 Å². The minimum Gasteiger partial charge on any atom is -0.244 e. The van der Waals surface area contributed by atoms with Gasteiger partial charge in [-0.3, -0.25) is 0 Å². The molecule has 0 radical (unpaired) electrons. The number of thiocarbonyl (C=S) groups is 1. The monoisotopic (exact) mass is 147 g/mol. The standard InChI is InChI=1S/C8H5NS/c10-8-7-4-2-1-3-6(7)5-9-8/h1-5H. The van der Waals surface area contributed by atoms with E-state index in [9.17, 15) is 0 Å². The molecule has 1 heterocycles. The predicted molar refractivity (Wildman–Crippen MR) is 45.7 cm³/mol. The Labute approximate surface area is 64.4 Å².